The Morgan fingerprint density at radius 3 is 2.20 bits per heavy atom. The molecule has 0 amide bonds. The fourth-order valence-electron chi connectivity index (χ4n) is 3.72. The number of nitrogen functional groups attached to an aromatic ring is 1. The van der Waals surface area contributed by atoms with E-state index < -0.39 is 57.6 Å². The third kappa shape index (κ3) is 9.06. The van der Waals surface area contributed by atoms with Gasteiger partial charge >= 0.3 is 12.4 Å². The van der Waals surface area contributed by atoms with Gasteiger partial charge in [0.25, 0.3) is 0 Å². The van der Waals surface area contributed by atoms with Crippen molar-refractivity contribution in [3.63, 3.8) is 0 Å². The van der Waals surface area contributed by atoms with E-state index >= 15 is 0 Å². The van der Waals surface area contributed by atoms with Crippen LogP contribution >= 0.6 is 26.5 Å². The second-order valence-corrected chi connectivity index (χ2v) is 14.8. The molecule has 1 aromatic carbocycles. The van der Waals surface area contributed by atoms with Crippen LogP contribution < -0.4 is 10.5 Å². The molecule has 20 heteroatoms. The van der Waals surface area contributed by atoms with Crippen LogP contribution in [0.25, 0.3) is 11.2 Å². The molecule has 0 fully saturated rings. The van der Waals surface area contributed by atoms with Gasteiger partial charge in [-0.15, -0.1) is 0 Å². The molecule has 41 heavy (non-hydrogen) atoms. The lowest BCUT2D eigenvalue weighted by molar-refractivity contribution is -0.109. The van der Waals surface area contributed by atoms with E-state index in [9.17, 15) is 45.3 Å². The summed E-state index contributed by atoms with van der Waals surface area (Å²) in [6.45, 7) is 2.90. The number of nitrogens with two attached hydrogens (primary N) is 1. The molecular formula is C21H25F6N5O6P2S. The van der Waals surface area contributed by atoms with Crippen molar-refractivity contribution in [2.45, 2.75) is 54.4 Å². The first-order chi connectivity index (χ1) is 18.8. The molecule has 3 atom stereocenters. The molecule has 0 bridgehead atoms. The Balaban J connectivity index is 1.92. The number of aromatic nitrogens is 4. The zero-order valence-electron chi connectivity index (χ0n) is 21.3. The lowest BCUT2D eigenvalue weighted by Crippen LogP contribution is -2.30. The fourth-order valence-corrected chi connectivity index (χ4v) is 9.57. The van der Waals surface area contributed by atoms with Crippen LogP contribution in [0.5, 0.6) is 5.75 Å². The van der Waals surface area contributed by atoms with Crippen molar-refractivity contribution in [3.05, 3.63) is 30.6 Å². The zero-order chi connectivity index (χ0) is 30.8. The van der Waals surface area contributed by atoms with Crippen molar-refractivity contribution in [2.24, 2.45) is 0 Å². The molecule has 3 aromatic rings. The zero-order valence-corrected chi connectivity index (χ0v) is 23.9. The summed E-state index contributed by atoms with van der Waals surface area (Å²) < 4.78 is 114. The lowest BCUT2D eigenvalue weighted by Gasteiger charge is -2.30. The van der Waals surface area contributed by atoms with Gasteiger partial charge in [-0.3, -0.25) is 9.13 Å². The number of ether oxygens (including phenoxy) is 2. The van der Waals surface area contributed by atoms with E-state index in [0.717, 1.165) is 18.7 Å². The normalized spacial score (nSPS) is 17.1. The molecule has 3 rings (SSSR count). The molecule has 0 spiro atoms. The number of halogens is 6. The van der Waals surface area contributed by atoms with Crippen molar-refractivity contribution in [3.8, 4) is 5.75 Å². The highest BCUT2D eigenvalue weighted by atomic mass is 32.2. The number of rotatable bonds is 12. The minimum Gasteiger partial charge on any atom is -0.493 e. The number of para-hydroxylation sites is 1. The Hall–Kier alpha value is -2.36. The Labute approximate surface area is 233 Å². The van der Waals surface area contributed by atoms with Gasteiger partial charge in [0.15, 0.2) is 5.65 Å². The summed E-state index contributed by atoms with van der Waals surface area (Å²) in [5.41, 5.74) is 3.00. The maximum absolute atomic E-state index is 12.9. The van der Waals surface area contributed by atoms with E-state index in [-0.39, 0.29) is 17.1 Å². The summed E-state index contributed by atoms with van der Waals surface area (Å²) >= 11 is 1.14. The van der Waals surface area contributed by atoms with Gasteiger partial charge in [0, 0.05) is 0 Å². The molecule has 228 valence electrons. The van der Waals surface area contributed by atoms with Gasteiger partial charge in [0.05, 0.1) is 30.5 Å². The van der Waals surface area contributed by atoms with Crippen molar-refractivity contribution in [1.82, 2.24) is 19.5 Å². The molecule has 0 aliphatic heterocycles. The van der Waals surface area contributed by atoms with Gasteiger partial charge in [0.1, 0.15) is 28.6 Å². The standard InChI is InChI=1S/C21H25F6N5O6P2S/c1-3-37-13-6-4-5-7-14(13)41-17-15-16(30-18(28)31-17)32(11-29-15)8-12(2)38-19(39(33,34)9-20(22,23)24)40(35,36)10-21(25,26)27/h4-7,11-12,19H,3,8-10H2,1-2H3,(H,33,34)(H,35,36)(H2,28,30,31). The Morgan fingerprint density at radius 1 is 1.05 bits per heavy atom. The van der Waals surface area contributed by atoms with Crippen LogP contribution in [0.1, 0.15) is 13.8 Å². The molecule has 11 nitrogen and oxygen atoms in total. The molecule has 4 N–H and O–H groups in total. The van der Waals surface area contributed by atoms with Crippen LogP contribution in [0.15, 0.2) is 40.5 Å². The van der Waals surface area contributed by atoms with Gasteiger partial charge in [-0.25, -0.2) is 9.97 Å². The smallest absolute Gasteiger partial charge is 0.398 e. The van der Waals surface area contributed by atoms with E-state index in [0.29, 0.717) is 22.3 Å². The number of anilines is 1. The number of hydrogen-bond donors (Lipinski definition) is 3. The average molecular weight is 651 g/mol. The number of imidazole rings is 1. The van der Waals surface area contributed by atoms with Gasteiger partial charge in [0.2, 0.25) is 26.3 Å². The van der Waals surface area contributed by atoms with Crippen LogP contribution in [0.4, 0.5) is 32.3 Å². The first-order valence-electron chi connectivity index (χ1n) is 11.6. The minimum absolute atomic E-state index is 0.0887. The van der Waals surface area contributed by atoms with Gasteiger partial charge in [-0.1, -0.05) is 23.9 Å². The number of fused-ring (bicyclic) bond motifs is 1. The molecule has 0 aliphatic carbocycles. The third-order valence-corrected chi connectivity index (χ3v) is 11.6. The van der Waals surface area contributed by atoms with Crippen molar-refractivity contribution >= 4 is 43.6 Å². The first-order valence-corrected chi connectivity index (χ1v) is 16.3. The van der Waals surface area contributed by atoms with E-state index in [1.165, 1.54) is 10.9 Å². The number of hydrogen-bond acceptors (Lipinski definition) is 9. The fraction of sp³-hybridized carbons (Fsp3) is 0.476. The molecule has 2 heterocycles. The maximum atomic E-state index is 12.9. The number of alkyl halides is 6. The molecule has 0 radical (unpaired) electrons. The summed E-state index contributed by atoms with van der Waals surface area (Å²) in [6, 6.07) is 7.02. The molecule has 2 aromatic heterocycles. The summed E-state index contributed by atoms with van der Waals surface area (Å²) in [7, 11) is -11.7. The Bertz CT molecular complexity index is 1440. The topological polar surface area (TPSA) is 163 Å². The predicted octanol–water partition coefficient (Wildman–Crippen LogP) is 5.31. The largest absolute Gasteiger partial charge is 0.493 e. The van der Waals surface area contributed by atoms with Crippen LogP contribution in [0, 0.1) is 0 Å². The van der Waals surface area contributed by atoms with Gasteiger partial charge in [-0.05, 0) is 26.0 Å². The summed E-state index contributed by atoms with van der Waals surface area (Å²) in [6.07, 6.45) is -16.0. The molecule has 3 unspecified atom stereocenters. The Kier molecular flexibility index (Phi) is 10.1. The highest BCUT2D eigenvalue weighted by Crippen LogP contribution is 2.67. The van der Waals surface area contributed by atoms with Crippen molar-refractivity contribution in [1.29, 1.82) is 0 Å². The van der Waals surface area contributed by atoms with Crippen molar-refractivity contribution in [2.75, 3.05) is 24.7 Å². The monoisotopic (exact) mass is 651 g/mol. The summed E-state index contributed by atoms with van der Waals surface area (Å²) in [5.74, 6) is 0.356. The van der Waals surface area contributed by atoms with E-state index in [1.54, 1.807) is 31.2 Å². The highest BCUT2D eigenvalue weighted by molar-refractivity contribution is 7.99. The van der Waals surface area contributed by atoms with E-state index in [4.69, 9.17) is 15.2 Å². The molecular weight excluding hydrogens is 626 g/mol. The summed E-state index contributed by atoms with van der Waals surface area (Å²) in [4.78, 5) is 33.2. The Morgan fingerprint density at radius 2 is 1.63 bits per heavy atom. The van der Waals surface area contributed by atoms with Crippen LogP contribution in [-0.2, 0) is 20.4 Å². The number of nitrogens with zero attached hydrogens (tertiary/aromatic N) is 4. The van der Waals surface area contributed by atoms with Crippen molar-refractivity contribution < 1.29 is 54.7 Å². The first kappa shape index (κ1) is 33.1. The predicted molar refractivity (Wildman–Crippen MR) is 137 cm³/mol. The summed E-state index contributed by atoms with van der Waals surface area (Å²) in [5, 5.41) is 0.292. The van der Waals surface area contributed by atoms with Crippen LogP contribution in [0.3, 0.4) is 0 Å². The second kappa shape index (κ2) is 12.5. The maximum Gasteiger partial charge on any atom is 0.398 e. The molecule has 0 saturated heterocycles. The van der Waals surface area contributed by atoms with Gasteiger partial charge < -0.3 is 29.6 Å². The molecule has 0 saturated carbocycles. The van der Waals surface area contributed by atoms with Crippen LogP contribution in [-0.4, -0.2) is 72.3 Å². The SMILES string of the molecule is CCOc1ccccc1Sc1nc(N)nc2c1ncn2CC(C)OC(P(=O)(O)CC(F)(F)F)P(=O)(O)CC(F)(F)F. The quantitative estimate of drug-likeness (QED) is 0.132. The van der Waals surface area contributed by atoms with Crippen LogP contribution in [0.2, 0.25) is 0 Å². The molecule has 0 aliphatic rings. The van der Waals surface area contributed by atoms with E-state index in [2.05, 4.69) is 15.0 Å². The highest BCUT2D eigenvalue weighted by Gasteiger charge is 2.55. The van der Waals surface area contributed by atoms with Gasteiger partial charge in [-0.2, -0.15) is 31.3 Å². The second-order valence-electron chi connectivity index (χ2n) is 8.77. The number of benzene rings is 1. The minimum atomic E-state index is -5.84. The lowest BCUT2D eigenvalue weighted by atomic mass is 10.3. The average Bonchev–Trinajstić information content (AvgIpc) is 3.18. The third-order valence-electron chi connectivity index (χ3n) is 5.11. The van der Waals surface area contributed by atoms with E-state index in [1.807, 2.05) is 0 Å².